The Morgan fingerprint density at radius 3 is 2.71 bits per heavy atom. The first-order chi connectivity index (χ1) is 11.6. The topological polar surface area (TPSA) is 70.2 Å². The van der Waals surface area contributed by atoms with E-state index in [4.69, 9.17) is 0 Å². The molecule has 0 bridgehead atoms. The van der Waals surface area contributed by atoms with Crippen LogP contribution in [0.4, 0.5) is 0 Å². The van der Waals surface area contributed by atoms with Crippen LogP contribution in [0.15, 0.2) is 30.3 Å². The van der Waals surface area contributed by atoms with Gasteiger partial charge in [0.1, 0.15) is 6.04 Å². The van der Waals surface area contributed by atoms with Crippen molar-refractivity contribution in [3.8, 4) is 0 Å². The highest BCUT2D eigenvalue weighted by Gasteiger charge is 2.25. The lowest BCUT2D eigenvalue weighted by molar-refractivity contribution is -0.129. The second-order valence-electron chi connectivity index (χ2n) is 6.66. The summed E-state index contributed by atoms with van der Waals surface area (Å²) in [5.74, 6) is -0.161. The summed E-state index contributed by atoms with van der Waals surface area (Å²) in [5.41, 5.74) is 0.956. The van der Waals surface area contributed by atoms with E-state index in [-0.39, 0.29) is 17.9 Å². The number of carbonyl (C=O) groups excluding carboxylic acids is 2. The monoisotopic (exact) mass is 331 g/mol. The molecule has 3 atom stereocenters. The van der Waals surface area contributed by atoms with Gasteiger partial charge in [-0.25, -0.2) is 0 Å². The van der Waals surface area contributed by atoms with E-state index in [2.05, 4.69) is 22.9 Å². The van der Waals surface area contributed by atoms with E-state index in [9.17, 15) is 9.59 Å². The molecule has 0 saturated carbocycles. The predicted molar refractivity (Wildman–Crippen MR) is 95.6 cm³/mol. The Morgan fingerprint density at radius 2 is 2.04 bits per heavy atom. The summed E-state index contributed by atoms with van der Waals surface area (Å²) in [7, 11) is 0. The fraction of sp³-hybridized carbons (Fsp3) is 0.579. The number of nitrogens with one attached hydrogen (secondary N) is 3. The molecule has 3 N–H and O–H groups in total. The molecule has 5 nitrogen and oxygen atoms in total. The Labute approximate surface area is 144 Å². The molecule has 1 aliphatic heterocycles. The third-order valence-corrected chi connectivity index (χ3v) is 4.41. The van der Waals surface area contributed by atoms with Crippen molar-refractivity contribution in [1.29, 1.82) is 0 Å². The largest absolute Gasteiger partial charge is 0.351 e. The van der Waals surface area contributed by atoms with Crippen LogP contribution in [0.2, 0.25) is 0 Å². The molecule has 2 amide bonds. The van der Waals surface area contributed by atoms with Gasteiger partial charge in [-0.1, -0.05) is 43.7 Å². The molecule has 2 rings (SSSR count). The van der Waals surface area contributed by atoms with Gasteiger partial charge in [-0.15, -0.1) is 0 Å². The number of amides is 2. The van der Waals surface area contributed by atoms with Gasteiger partial charge in [0.15, 0.2) is 0 Å². The van der Waals surface area contributed by atoms with E-state index < -0.39 is 6.04 Å². The summed E-state index contributed by atoms with van der Waals surface area (Å²) in [6.07, 6.45) is 3.69. The van der Waals surface area contributed by atoms with E-state index in [1.165, 1.54) is 0 Å². The summed E-state index contributed by atoms with van der Waals surface area (Å²) >= 11 is 0. The molecule has 1 aromatic rings. The number of carbonyl (C=O) groups is 2. The summed E-state index contributed by atoms with van der Waals surface area (Å²) in [6, 6.07) is 9.76. The predicted octanol–water partition coefficient (Wildman–Crippen LogP) is 1.77. The molecule has 1 aromatic carbocycles. The van der Waals surface area contributed by atoms with Gasteiger partial charge >= 0.3 is 0 Å². The lowest BCUT2D eigenvalue weighted by Gasteiger charge is -2.30. The van der Waals surface area contributed by atoms with E-state index in [0.717, 1.165) is 31.4 Å². The molecule has 0 aliphatic carbocycles. The fourth-order valence-electron chi connectivity index (χ4n) is 3.15. The molecule has 1 saturated heterocycles. The standard InChI is InChI=1S/C19H29N3O2/c1-3-7-17(19(24)21-16-10-11-20-14(2)12-16)22-18(23)13-15-8-5-4-6-9-15/h4-6,8-9,14,16-17,20H,3,7,10-13H2,1-2H3,(H,21,24)(H,22,23). The van der Waals surface area contributed by atoms with Gasteiger partial charge in [0.2, 0.25) is 11.8 Å². The Bertz CT molecular complexity index is 533. The van der Waals surface area contributed by atoms with E-state index in [1.54, 1.807) is 0 Å². The van der Waals surface area contributed by atoms with Crippen LogP contribution >= 0.6 is 0 Å². The van der Waals surface area contributed by atoms with Gasteiger partial charge in [-0.3, -0.25) is 9.59 Å². The van der Waals surface area contributed by atoms with Gasteiger partial charge in [-0.05, 0) is 38.3 Å². The van der Waals surface area contributed by atoms with Gasteiger partial charge in [0.05, 0.1) is 6.42 Å². The Kier molecular flexibility index (Phi) is 7.25. The second-order valence-corrected chi connectivity index (χ2v) is 6.66. The SMILES string of the molecule is CCCC(NC(=O)Cc1ccccc1)C(=O)NC1CCNC(C)C1. The van der Waals surface area contributed by atoms with Crippen molar-refractivity contribution in [2.24, 2.45) is 0 Å². The second kappa shape index (κ2) is 9.42. The molecule has 132 valence electrons. The zero-order valence-corrected chi connectivity index (χ0v) is 14.7. The third kappa shape index (κ3) is 5.96. The van der Waals surface area contributed by atoms with Crippen molar-refractivity contribution in [2.75, 3.05) is 6.54 Å². The van der Waals surface area contributed by atoms with Crippen molar-refractivity contribution in [2.45, 2.75) is 64.1 Å². The number of hydrogen-bond acceptors (Lipinski definition) is 3. The molecule has 24 heavy (non-hydrogen) atoms. The van der Waals surface area contributed by atoms with Crippen LogP contribution < -0.4 is 16.0 Å². The van der Waals surface area contributed by atoms with Crippen LogP contribution in [0, 0.1) is 0 Å². The van der Waals surface area contributed by atoms with Crippen LogP contribution in [-0.4, -0.2) is 36.5 Å². The number of rotatable bonds is 7. The van der Waals surface area contributed by atoms with Gasteiger partial charge in [0.25, 0.3) is 0 Å². The molecule has 1 heterocycles. The molecular weight excluding hydrogens is 302 g/mol. The average Bonchev–Trinajstić information content (AvgIpc) is 2.55. The lowest BCUT2D eigenvalue weighted by atomic mass is 10.00. The summed E-state index contributed by atoms with van der Waals surface area (Å²) < 4.78 is 0. The summed E-state index contributed by atoms with van der Waals surface area (Å²) in [6.45, 7) is 5.07. The Hall–Kier alpha value is -1.88. The van der Waals surface area contributed by atoms with E-state index >= 15 is 0 Å². The Balaban J connectivity index is 1.87. The highest BCUT2D eigenvalue weighted by molar-refractivity contribution is 5.88. The minimum Gasteiger partial charge on any atom is -0.351 e. The van der Waals surface area contributed by atoms with Crippen LogP contribution in [-0.2, 0) is 16.0 Å². The number of hydrogen-bond donors (Lipinski definition) is 3. The normalized spacial score (nSPS) is 21.8. The van der Waals surface area contributed by atoms with Crippen LogP contribution in [0.3, 0.4) is 0 Å². The van der Waals surface area contributed by atoms with Crippen LogP contribution in [0.1, 0.15) is 45.1 Å². The number of benzene rings is 1. The van der Waals surface area contributed by atoms with Crippen molar-refractivity contribution in [3.63, 3.8) is 0 Å². The maximum absolute atomic E-state index is 12.5. The lowest BCUT2D eigenvalue weighted by Crippen LogP contribution is -2.53. The van der Waals surface area contributed by atoms with Crippen LogP contribution in [0.5, 0.6) is 0 Å². The first-order valence-electron chi connectivity index (χ1n) is 8.95. The first-order valence-corrected chi connectivity index (χ1v) is 8.95. The van der Waals surface area contributed by atoms with Crippen LogP contribution in [0.25, 0.3) is 0 Å². The maximum Gasteiger partial charge on any atom is 0.242 e. The average molecular weight is 331 g/mol. The number of piperidine rings is 1. The first kappa shape index (κ1) is 18.5. The maximum atomic E-state index is 12.5. The summed E-state index contributed by atoms with van der Waals surface area (Å²) in [5, 5.41) is 9.39. The molecular formula is C19H29N3O2. The van der Waals surface area contributed by atoms with E-state index in [1.807, 2.05) is 37.3 Å². The zero-order chi connectivity index (χ0) is 17.4. The molecule has 5 heteroatoms. The fourth-order valence-corrected chi connectivity index (χ4v) is 3.15. The third-order valence-electron chi connectivity index (χ3n) is 4.41. The quantitative estimate of drug-likeness (QED) is 0.713. The van der Waals surface area contributed by atoms with Gasteiger partial charge in [-0.2, -0.15) is 0 Å². The van der Waals surface area contributed by atoms with Gasteiger partial charge in [0, 0.05) is 12.1 Å². The molecule has 0 aromatic heterocycles. The van der Waals surface area contributed by atoms with E-state index in [0.29, 0.717) is 18.9 Å². The van der Waals surface area contributed by atoms with Crippen molar-refractivity contribution in [1.82, 2.24) is 16.0 Å². The van der Waals surface area contributed by atoms with Crippen molar-refractivity contribution < 1.29 is 9.59 Å². The minimum atomic E-state index is -0.448. The summed E-state index contributed by atoms with van der Waals surface area (Å²) in [4.78, 5) is 24.8. The molecule has 0 spiro atoms. The molecule has 0 radical (unpaired) electrons. The van der Waals surface area contributed by atoms with Crippen molar-refractivity contribution >= 4 is 11.8 Å². The zero-order valence-electron chi connectivity index (χ0n) is 14.7. The molecule has 3 unspecified atom stereocenters. The van der Waals surface area contributed by atoms with Crippen molar-refractivity contribution in [3.05, 3.63) is 35.9 Å². The highest BCUT2D eigenvalue weighted by atomic mass is 16.2. The molecule has 1 aliphatic rings. The highest BCUT2D eigenvalue weighted by Crippen LogP contribution is 2.09. The minimum absolute atomic E-state index is 0.0580. The van der Waals surface area contributed by atoms with Gasteiger partial charge < -0.3 is 16.0 Å². The molecule has 1 fully saturated rings. The smallest absolute Gasteiger partial charge is 0.242 e. The Morgan fingerprint density at radius 1 is 1.29 bits per heavy atom.